The van der Waals surface area contributed by atoms with E-state index in [1.165, 1.54) is 6.07 Å². The first-order chi connectivity index (χ1) is 9.60. The zero-order chi connectivity index (χ0) is 15.0. The number of hydrogen-bond acceptors (Lipinski definition) is 3. The third kappa shape index (κ3) is 5.17. The maximum Gasteiger partial charge on any atom is 0.258 e. The number of halogens is 1. The van der Waals surface area contributed by atoms with E-state index in [0.29, 0.717) is 6.54 Å². The molecule has 0 aliphatic heterocycles. The number of benzene rings is 1. The smallest absolute Gasteiger partial charge is 0.258 e. The highest BCUT2D eigenvalue weighted by Gasteiger charge is 2.10. The van der Waals surface area contributed by atoms with Crippen molar-refractivity contribution in [3.63, 3.8) is 0 Å². The topological polar surface area (TPSA) is 50.4 Å². The Labute approximate surface area is 119 Å². The van der Waals surface area contributed by atoms with Gasteiger partial charge in [-0.25, -0.2) is 4.39 Å². The zero-order valence-electron chi connectivity index (χ0n) is 12.3. The average Bonchev–Trinajstić information content (AvgIpc) is 2.44. The summed E-state index contributed by atoms with van der Waals surface area (Å²) in [5, 5.41) is 5.79. The molecule has 0 bridgehead atoms. The Kier molecular flexibility index (Phi) is 7.01. The molecule has 0 atom stereocenters. The standard InChI is InChI=1S/C15H23FN2O2/c1-4-12(5-2)18-15(19)10-20-14-7-6-11(9-17-3)8-13(14)16/h6-8,12,17H,4-5,9-10H2,1-3H3,(H,18,19). The summed E-state index contributed by atoms with van der Waals surface area (Å²) in [5.74, 6) is -0.574. The second kappa shape index (κ2) is 8.53. The van der Waals surface area contributed by atoms with Gasteiger partial charge in [-0.1, -0.05) is 19.9 Å². The number of ether oxygens (including phenoxy) is 1. The molecule has 0 saturated carbocycles. The molecule has 4 nitrogen and oxygen atoms in total. The fraction of sp³-hybridized carbons (Fsp3) is 0.533. The van der Waals surface area contributed by atoms with Crippen molar-refractivity contribution in [2.24, 2.45) is 0 Å². The molecule has 20 heavy (non-hydrogen) atoms. The maximum absolute atomic E-state index is 13.7. The average molecular weight is 282 g/mol. The minimum Gasteiger partial charge on any atom is -0.481 e. The Hall–Kier alpha value is -1.62. The summed E-state index contributed by atoms with van der Waals surface area (Å²) in [5.41, 5.74) is 0.832. The monoisotopic (exact) mass is 282 g/mol. The van der Waals surface area contributed by atoms with E-state index in [-0.39, 0.29) is 24.3 Å². The van der Waals surface area contributed by atoms with E-state index in [1.807, 2.05) is 13.8 Å². The van der Waals surface area contributed by atoms with Crippen LogP contribution in [0.3, 0.4) is 0 Å². The first kappa shape index (κ1) is 16.4. The van der Waals surface area contributed by atoms with Gasteiger partial charge in [0.15, 0.2) is 18.2 Å². The van der Waals surface area contributed by atoms with Crippen LogP contribution in [0.15, 0.2) is 18.2 Å². The highest BCUT2D eigenvalue weighted by atomic mass is 19.1. The number of carbonyl (C=O) groups excluding carboxylic acids is 1. The van der Waals surface area contributed by atoms with Crippen LogP contribution in [0.4, 0.5) is 4.39 Å². The predicted molar refractivity (Wildman–Crippen MR) is 77.2 cm³/mol. The molecule has 0 aromatic heterocycles. The largest absolute Gasteiger partial charge is 0.481 e. The van der Waals surface area contributed by atoms with Gasteiger partial charge in [-0.3, -0.25) is 4.79 Å². The molecular formula is C15H23FN2O2. The summed E-state index contributed by atoms with van der Waals surface area (Å²) in [6.45, 7) is 4.44. The van der Waals surface area contributed by atoms with Crippen LogP contribution in [-0.4, -0.2) is 25.6 Å². The SMILES string of the molecule is CCC(CC)NC(=O)COc1ccc(CNC)cc1F. The molecule has 1 amide bonds. The van der Waals surface area contributed by atoms with Crippen LogP contribution in [0.1, 0.15) is 32.3 Å². The van der Waals surface area contributed by atoms with Crippen LogP contribution in [-0.2, 0) is 11.3 Å². The minimum absolute atomic E-state index is 0.101. The van der Waals surface area contributed by atoms with E-state index in [0.717, 1.165) is 18.4 Å². The van der Waals surface area contributed by atoms with Crippen molar-refractivity contribution in [2.75, 3.05) is 13.7 Å². The minimum atomic E-state index is -0.451. The van der Waals surface area contributed by atoms with E-state index in [9.17, 15) is 9.18 Å². The van der Waals surface area contributed by atoms with Crippen molar-refractivity contribution >= 4 is 5.91 Å². The van der Waals surface area contributed by atoms with Crippen LogP contribution in [0.25, 0.3) is 0 Å². The van der Waals surface area contributed by atoms with E-state index in [1.54, 1.807) is 19.2 Å². The van der Waals surface area contributed by atoms with Gasteiger partial charge >= 0.3 is 0 Å². The molecule has 1 aromatic rings. The summed E-state index contributed by atoms with van der Waals surface area (Å²) in [6.07, 6.45) is 1.74. The molecule has 0 aliphatic rings. The van der Waals surface area contributed by atoms with Gasteiger partial charge in [-0.05, 0) is 37.6 Å². The van der Waals surface area contributed by atoms with Crippen molar-refractivity contribution in [3.8, 4) is 5.75 Å². The second-order valence-electron chi connectivity index (χ2n) is 4.66. The third-order valence-corrected chi connectivity index (χ3v) is 3.09. The summed E-state index contributed by atoms with van der Waals surface area (Å²) in [6, 6.07) is 4.87. The summed E-state index contributed by atoms with van der Waals surface area (Å²) in [7, 11) is 1.80. The van der Waals surface area contributed by atoms with Gasteiger partial charge in [0.1, 0.15) is 0 Å². The van der Waals surface area contributed by atoms with Crippen molar-refractivity contribution in [2.45, 2.75) is 39.3 Å². The van der Waals surface area contributed by atoms with Gasteiger partial charge in [0.2, 0.25) is 0 Å². The Morgan fingerprint density at radius 1 is 1.35 bits per heavy atom. The van der Waals surface area contributed by atoms with Gasteiger partial charge in [0.05, 0.1) is 0 Å². The molecule has 0 aliphatic carbocycles. The van der Waals surface area contributed by atoms with Gasteiger partial charge in [0.25, 0.3) is 5.91 Å². The van der Waals surface area contributed by atoms with E-state index >= 15 is 0 Å². The van der Waals surface area contributed by atoms with Crippen LogP contribution in [0.2, 0.25) is 0 Å². The fourth-order valence-corrected chi connectivity index (χ4v) is 1.88. The molecule has 0 heterocycles. The second-order valence-corrected chi connectivity index (χ2v) is 4.66. The first-order valence-corrected chi connectivity index (χ1v) is 6.95. The van der Waals surface area contributed by atoms with Gasteiger partial charge in [-0.15, -0.1) is 0 Å². The Morgan fingerprint density at radius 2 is 2.05 bits per heavy atom. The molecule has 2 N–H and O–H groups in total. The summed E-state index contributed by atoms with van der Waals surface area (Å²) >= 11 is 0. The van der Waals surface area contributed by atoms with Crippen LogP contribution >= 0.6 is 0 Å². The zero-order valence-corrected chi connectivity index (χ0v) is 12.3. The highest BCUT2D eigenvalue weighted by molar-refractivity contribution is 5.77. The van der Waals surface area contributed by atoms with Crippen LogP contribution in [0.5, 0.6) is 5.75 Å². The third-order valence-electron chi connectivity index (χ3n) is 3.09. The number of amides is 1. The Balaban J connectivity index is 2.51. The van der Waals surface area contributed by atoms with Crippen LogP contribution < -0.4 is 15.4 Å². The number of rotatable bonds is 8. The lowest BCUT2D eigenvalue weighted by Crippen LogP contribution is -2.37. The molecule has 0 spiro atoms. The van der Waals surface area contributed by atoms with Gasteiger partial charge in [0, 0.05) is 12.6 Å². The normalized spacial score (nSPS) is 10.7. The van der Waals surface area contributed by atoms with Gasteiger partial charge in [-0.2, -0.15) is 0 Å². The molecule has 0 fully saturated rings. The van der Waals surface area contributed by atoms with E-state index < -0.39 is 5.82 Å². The Morgan fingerprint density at radius 3 is 2.60 bits per heavy atom. The number of hydrogen-bond donors (Lipinski definition) is 2. The molecule has 0 unspecified atom stereocenters. The quantitative estimate of drug-likeness (QED) is 0.769. The van der Waals surface area contributed by atoms with Crippen LogP contribution in [0, 0.1) is 5.82 Å². The molecule has 0 saturated heterocycles. The van der Waals surface area contributed by atoms with Gasteiger partial charge < -0.3 is 15.4 Å². The van der Waals surface area contributed by atoms with Crippen molar-refractivity contribution in [1.29, 1.82) is 0 Å². The van der Waals surface area contributed by atoms with Crippen molar-refractivity contribution < 1.29 is 13.9 Å². The predicted octanol–water partition coefficient (Wildman–Crippen LogP) is 2.23. The summed E-state index contributed by atoms with van der Waals surface area (Å²) in [4.78, 5) is 11.7. The number of carbonyl (C=O) groups is 1. The highest BCUT2D eigenvalue weighted by Crippen LogP contribution is 2.18. The van der Waals surface area contributed by atoms with Crippen molar-refractivity contribution in [1.82, 2.24) is 10.6 Å². The molecular weight excluding hydrogens is 259 g/mol. The lowest BCUT2D eigenvalue weighted by molar-refractivity contribution is -0.123. The molecule has 1 rings (SSSR count). The lowest BCUT2D eigenvalue weighted by Gasteiger charge is -2.15. The fourth-order valence-electron chi connectivity index (χ4n) is 1.88. The van der Waals surface area contributed by atoms with E-state index in [4.69, 9.17) is 4.74 Å². The molecule has 5 heteroatoms. The number of nitrogens with one attached hydrogen (secondary N) is 2. The maximum atomic E-state index is 13.7. The van der Waals surface area contributed by atoms with E-state index in [2.05, 4.69) is 10.6 Å². The van der Waals surface area contributed by atoms with Crippen molar-refractivity contribution in [3.05, 3.63) is 29.6 Å². The Bertz CT molecular complexity index is 434. The molecule has 1 aromatic carbocycles. The molecule has 112 valence electrons. The first-order valence-electron chi connectivity index (χ1n) is 6.95. The lowest BCUT2D eigenvalue weighted by atomic mass is 10.2. The summed E-state index contributed by atoms with van der Waals surface area (Å²) < 4.78 is 18.9. The molecule has 0 radical (unpaired) electrons.